The van der Waals surface area contributed by atoms with Crippen LogP contribution in [-0.4, -0.2) is 23.8 Å². The number of unbranched alkanes of at least 4 members (excludes halogenated alkanes) is 3. The van der Waals surface area contributed by atoms with Gasteiger partial charge in [0.15, 0.2) is 0 Å². The molecule has 1 rings (SSSR count). The molecular weight excluding hydrogens is 252 g/mol. The first-order valence-electron chi connectivity index (χ1n) is 6.28. The molecule has 0 radical (unpaired) electrons. The van der Waals surface area contributed by atoms with Gasteiger partial charge in [-0.25, -0.2) is 4.98 Å². The fourth-order valence-corrected chi connectivity index (χ4v) is 2.57. The molecule has 0 aliphatic heterocycles. The van der Waals surface area contributed by atoms with Gasteiger partial charge in [0.2, 0.25) is 0 Å². The molecule has 0 atom stereocenters. The smallest absolute Gasteiger partial charge is 0.115 e. The monoisotopic (exact) mass is 272 g/mol. The predicted molar refractivity (Wildman–Crippen MR) is 77.0 cm³/mol. The largest absolute Gasteiger partial charge is 0.316 e. The second-order valence-corrected chi connectivity index (χ2v) is 5.44. The van der Waals surface area contributed by atoms with Crippen molar-refractivity contribution in [2.24, 2.45) is 0 Å². The van der Waals surface area contributed by atoms with E-state index in [1.807, 2.05) is 12.1 Å². The van der Waals surface area contributed by atoms with E-state index in [0.29, 0.717) is 0 Å². The van der Waals surface area contributed by atoms with Crippen molar-refractivity contribution >= 4 is 23.4 Å². The third-order valence-corrected chi connectivity index (χ3v) is 3.87. The zero-order valence-electron chi connectivity index (χ0n) is 10.4. The number of nitrogens with zero attached hydrogens (tertiary/aromatic N) is 1. The third kappa shape index (κ3) is 6.92. The Morgan fingerprint density at radius 2 is 2.18 bits per heavy atom. The van der Waals surface area contributed by atoms with Crippen LogP contribution in [0, 0.1) is 0 Å². The molecule has 1 aromatic heterocycles. The SMILES string of the molecule is CCCCCCNCCSc1ncccc1Cl. The molecule has 1 aromatic rings. The van der Waals surface area contributed by atoms with Gasteiger partial charge < -0.3 is 5.32 Å². The summed E-state index contributed by atoms with van der Waals surface area (Å²) in [7, 11) is 0. The molecule has 96 valence electrons. The van der Waals surface area contributed by atoms with Crippen molar-refractivity contribution < 1.29 is 0 Å². The standard InChI is InChI=1S/C13H21ClN2S/c1-2-3-4-5-8-15-10-11-17-13-12(14)7-6-9-16-13/h6-7,9,15H,2-5,8,10-11H2,1H3. The Kier molecular flexibility index (Phi) is 8.49. The highest BCUT2D eigenvalue weighted by molar-refractivity contribution is 7.99. The minimum absolute atomic E-state index is 0.750. The van der Waals surface area contributed by atoms with E-state index in [-0.39, 0.29) is 0 Å². The molecule has 0 saturated carbocycles. The van der Waals surface area contributed by atoms with Crippen LogP contribution >= 0.6 is 23.4 Å². The van der Waals surface area contributed by atoms with Crippen LogP contribution in [0.3, 0.4) is 0 Å². The average molecular weight is 273 g/mol. The maximum Gasteiger partial charge on any atom is 0.115 e. The van der Waals surface area contributed by atoms with Crippen LogP contribution in [0.25, 0.3) is 0 Å². The molecule has 1 N–H and O–H groups in total. The molecule has 17 heavy (non-hydrogen) atoms. The third-order valence-electron chi connectivity index (χ3n) is 2.45. The van der Waals surface area contributed by atoms with E-state index in [2.05, 4.69) is 17.2 Å². The highest BCUT2D eigenvalue weighted by atomic mass is 35.5. The second-order valence-electron chi connectivity index (χ2n) is 3.95. The van der Waals surface area contributed by atoms with Gasteiger partial charge >= 0.3 is 0 Å². The van der Waals surface area contributed by atoms with Crippen LogP contribution < -0.4 is 5.32 Å². The lowest BCUT2D eigenvalue weighted by atomic mass is 10.2. The minimum Gasteiger partial charge on any atom is -0.316 e. The first-order valence-corrected chi connectivity index (χ1v) is 7.65. The lowest BCUT2D eigenvalue weighted by Crippen LogP contribution is -2.18. The van der Waals surface area contributed by atoms with E-state index in [1.54, 1.807) is 18.0 Å². The van der Waals surface area contributed by atoms with E-state index < -0.39 is 0 Å². The van der Waals surface area contributed by atoms with Gasteiger partial charge in [0.1, 0.15) is 5.03 Å². The Hall–Kier alpha value is -0.250. The summed E-state index contributed by atoms with van der Waals surface area (Å²) in [5.74, 6) is 1.02. The summed E-state index contributed by atoms with van der Waals surface area (Å²) >= 11 is 7.73. The van der Waals surface area contributed by atoms with Crippen molar-refractivity contribution in [3.05, 3.63) is 23.4 Å². The van der Waals surface area contributed by atoms with Gasteiger partial charge in [-0.1, -0.05) is 37.8 Å². The van der Waals surface area contributed by atoms with Gasteiger partial charge in [-0.3, -0.25) is 0 Å². The fourth-order valence-electron chi connectivity index (χ4n) is 1.50. The molecule has 0 unspecified atom stereocenters. The van der Waals surface area contributed by atoms with Gasteiger partial charge in [0.25, 0.3) is 0 Å². The maximum atomic E-state index is 6.02. The molecule has 0 amide bonds. The van der Waals surface area contributed by atoms with E-state index in [9.17, 15) is 0 Å². The summed E-state index contributed by atoms with van der Waals surface area (Å²) in [6.45, 7) is 4.38. The molecular formula is C13H21ClN2S. The molecule has 1 heterocycles. The average Bonchev–Trinajstić information content (AvgIpc) is 2.35. The maximum absolute atomic E-state index is 6.02. The summed E-state index contributed by atoms with van der Waals surface area (Å²) in [6.07, 6.45) is 7.05. The minimum atomic E-state index is 0.750. The first-order chi connectivity index (χ1) is 8.34. The van der Waals surface area contributed by atoms with Gasteiger partial charge in [-0.2, -0.15) is 0 Å². The zero-order valence-corrected chi connectivity index (χ0v) is 12.0. The normalized spacial score (nSPS) is 10.7. The van der Waals surface area contributed by atoms with Crippen molar-refractivity contribution in [3.8, 4) is 0 Å². The molecule has 0 aromatic carbocycles. The number of halogens is 1. The topological polar surface area (TPSA) is 24.9 Å². The number of pyridine rings is 1. The number of nitrogens with one attached hydrogen (secondary N) is 1. The fraction of sp³-hybridized carbons (Fsp3) is 0.615. The van der Waals surface area contributed by atoms with Crippen molar-refractivity contribution in [2.45, 2.75) is 37.6 Å². The number of hydrogen-bond donors (Lipinski definition) is 1. The van der Waals surface area contributed by atoms with Crippen LogP contribution in [0.2, 0.25) is 5.02 Å². The summed E-state index contributed by atoms with van der Waals surface area (Å²) in [4.78, 5) is 4.24. The Morgan fingerprint density at radius 3 is 2.94 bits per heavy atom. The molecule has 0 spiro atoms. The van der Waals surface area contributed by atoms with Crippen molar-refractivity contribution in [2.75, 3.05) is 18.8 Å². The number of rotatable bonds is 9. The van der Waals surface area contributed by atoms with Crippen molar-refractivity contribution in [1.82, 2.24) is 10.3 Å². The predicted octanol–water partition coefficient (Wildman–Crippen LogP) is 4.00. The Morgan fingerprint density at radius 1 is 1.29 bits per heavy atom. The quantitative estimate of drug-likeness (QED) is 0.543. The van der Waals surface area contributed by atoms with Crippen LogP contribution in [0.1, 0.15) is 32.6 Å². The first kappa shape index (κ1) is 14.8. The summed E-state index contributed by atoms with van der Waals surface area (Å²) in [6, 6.07) is 3.74. The van der Waals surface area contributed by atoms with Crippen LogP contribution in [0.15, 0.2) is 23.4 Å². The molecule has 0 saturated heterocycles. The van der Waals surface area contributed by atoms with E-state index in [0.717, 1.165) is 28.9 Å². The molecule has 0 aliphatic carbocycles. The molecule has 0 aliphatic rings. The summed E-state index contributed by atoms with van der Waals surface area (Å²) in [5.41, 5.74) is 0. The molecule has 2 nitrogen and oxygen atoms in total. The molecule has 0 bridgehead atoms. The number of hydrogen-bond acceptors (Lipinski definition) is 3. The van der Waals surface area contributed by atoms with Crippen LogP contribution in [0.5, 0.6) is 0 Å². The Labute approximate surface area is 114 Å². The van der Waals surface area contributed by atoms with Crippen LogP contribution in [-0.2, 0) is 0 Å². The Balaban J connectivity index is 1.99. The highest BCUT2D eigenvalue weighted by Crippen LogP contribution is 2.23. The lowest BCUT2D eigenvalue weighted by molar-refractivity contribution is 0.613. The molecule has 0 fully saturated rings. The summed E-state index contributed by atoms with van der Waals surface area (Å²) in [5, 5.41) is 5.13. The van der Waals surface area contributed by atoms with Gasteiger partial charge in [-0.15, -0.1) is 11.8 Å². The van der Waals surface area contributed by atoms with Crippen molar-refractivity contribution in [1.29, 1.82) is 0 Å². The van der Waals surface area contributed by atoms with Gasteiger partial charge in [-0.05, 0) is 25.1 Å². The van der Waals surface area contributed by atoms with Gasteiger partial charge in [0, 0.05) is 18.5 Å². The van der Waals surface area contributed by atoms with Crippen molar-refractivity contribution in [3.63, 3.8) is 0 Å². The van der Waals surface area contributed by atoms with E-state index in [4.69, 9.17) is 11.6 Å². The highest BCUT2D eigenvalue weighted by Gasteiger charge is 2.00. The lowest BCUT2D eigenvalue weighted by Gasteiger charge is -2.05. The zero-order chi connectivity index (χ0) is 12.3. The molecule has 4 heteroatoms. The second kappa shape index (κ2) is 9.75. The van der Waals surface area contributed by atoms with Crippen LogP contribution in [0.4, 0.5) is 0 Å². The number of thioether (sulfide) groups is 1. The van der Waals surface area contributed by atoms with Gasteiger partial charge in [0.05, 0.1) is 5.02 Å². The van der Waals surface area contributed by atoms with E-state index >= 15 is 0 Å². The number of aromatic nitrogens is 1. The van der Waals surface area contributed by atoms with E-state index in [1.165, 1.54) is 25.7 Å². The summed E-state index contributed by atoms with van der Waals surface area (Å²) < 4.78 is 0. The Bertz CT molecular complexity index is 307.